The molecule has 0 amide bonds. The van der Waals surface area contributed by atoms with Crippen LogP contribution in [0.25, 0.3) is 0 Å². The Bertz CT molecular complexity index is 224. The number of carboxylic acids is 1. The summed E-state index contributed by atoms with van der Waals surface area (Å²) in [4.78, 5) is 31.5. The second-order valence-corrected chi connectivity index (χ2v) is 3.16. The van der Waals surface area contributed by atoms with Crippen LogP contribution in [-0.4, -0.2) is 36.2 Å². The fourth-order valence-corrected chi connectivity index (χ4v) is 0.914. The first kappa shape index (κ1) is 14.4. The first-order valence-electron chi connectivity index (χ1n) is 5.03. The van der Waals surface area contributed by atoms with Crippen LogP contribution >= 0.6 is 0 Å². The van der Waals surface area contributed by atoms with Crippen molar-refractivity contribution in [2.75, 3.05) is 13.2 Å². The summed E-state index contributed by atoms with van der Waals surface area (Å²) in [6.07, 6.45) is 0.878. The Morgan fingerprint density at radius 3 is 2.12 bits per heavy atom. The molecule has 6 nitrogen and oxygen atoms in total. The Morgan fingerprint density at radius 1 is 1.00 bits per heavy atom. The van der Waals surface area contributed by atoms with E-state index in [1.54, 1.807) is 0 Å². The van der Waals surface area contributed by atoms with E-state index in [4.69, 9.17) is 9.84 Å². The first-order valence-corrected chi connectivity index (χ1v) is 5.03. The molecule has 0 aliphatic rings. The summed E-state index contributed by atoms with van der Waals surface area (Å²) in [5.41, 5.74) is 0. The molecule has 0 aromatic carbocycles. The van der Waals surface area contributed by atoms with Crippen LogP contribution in [-0.2, 0) is 23.9 Å². The van der Waals surface area contributed by atoms with Crippen LogP contribution < -0.4 is 0 Å². The normalized spacial score (nSPS) is 9.56. The molecule has 0 aliphatic carbocycles. The predicted octanol–water partition coefficient (Wildman–Crippen LogP) is 0.738. The smallest absolute Gasteiger partial charge is 0.305 e. The van der Waals surface area contributed by atoms with Crippen molar-refractivity contribution in [1.29, 1.82) is 0 Å². The molecule has 0 heterocycles. The minimum atomic E-state index is -0.911. The zero-order valence-corrected chi connectivity index (χ0v) is 9.23. The van der Waals surface area contributed by atoms with Gasteiger partial charge in [0.1, 0.15) is 0 Å². The fourth-order valence-electron chi connectivity index (χ4n) is 0.914. The second kappa shape index (κ2) is 8.70. The molecule has 0 aromatic rings. The summed E-state index contributed by atoms with van der Waals surface area (Å²) >= 11 is 0. The molecule has 0 bridgehead atoms. The van der Waals surface area contributed by atoms with E-state index < -0.39 is 11.9 Å². The van der Waals surface area contributed by atoms with Crippen LogP contribution in [0.2, 0.25) is 0 Å². The van der Waals surface area contributed by atoms with Crippen molar-refractivity contribution < 1.29 is 29.0 Å². The molecule has 0 atom stereocenters. The molecule has 0 aliphatic heterocycles. The quantitative estimate of drug-likeness (QED) is 0.490. The third-order valence-electron chi connectivity index (χ3n) is 1.63. The van der Waals surface area contributed by atoms with E-state index in [-0.39, 0.29) is 32.0 Å². The lowest BCUT2D eigenvalue weighted by Gasteiger charge is -2.03. The highest BCUT2D eigenvalue weighted by atomic mass is 16.5. The van der Waals surface area contributed by atoms with E-state index in [1.165, 1.54) is 6.92 Å². The van der Waals surface area contributed by atoms with E-state index in [0.717, 1.165) is 0 Å². The number of esters is 2. The van der Waals surface area contributed by atoms with Crippen LogP contribution in [0.4, 0.5) is 0 Å². The molecule has 0 rings (SSSR count). The number of hydrogen-bond acceptors (Lipinski definition) is 5. The van der Waals surface area contributed by atoms with Crippen LogP contribution in [0, 0.1) is 0 Å². The summed E-state index contributed by atoms with van der Waals surface area (Å²) < 4.78 is 9.38. The maximum absolute atomic E-state index is 11.0. The molecule has 0 saturated heterocycles. The predicted molar refractivity (Wildman–Crippen MR) is 53.7 cm³/mol. The van der Waals surface area contributed by atoms with Crippen molar-refractivity contribution in [3.63, 3.8) is 0 Å². The molecular formula is C10H16O6. The molecule has 0 saturated carbocycles. The third kappa shape index (κ3) is 10.5. The average Bonchev–Trinajstić information content (AvgIpc) is 2.19. The van der Waals surface area contributed by atoms with Crippen molar-refractivity contribution in [3.05, 3.63) is 0 Å². The van der Waals surface area contributed by atoms with E-state index in [2.05, 4.69) is 4.74 Å². The van der Waals surface area contributed by atoms with Gasteiger partial charge in [-0.25, -0.2) is 0 Å². The van der Waals surface area contributed by atoms with Crippen molar-refractivity contribution in [2.45, 2.75) is 32.6 Å². The summed E-state index contributed by atoms with van der Waals surface area (Å²) in [6, 6.07) is 0. The molecular weight excluding hydrogens is 216 g/mol. The van der Waals surface area contributed by atoms with Gasteiger partial charge in [-0.05, 0) is 12.8 Å². The van der Waals surface area contributed by atoms with Crippen molar-refractivity contribution in [2.24, 2.45) is 0 Å². The van der Waals surface area contributed by atoms with Gasteiger partial charge in [-0.1, -0.05) is 0 Å². The van der Waals surface area contributed by atoms with Gasteiger partial charge in [0, 0.05) is 19.8 Å². The number of ether oxygens (including phenoxy) is 2. The highest BCUT2D eigenvalue weighted by molar-refractivity contribution is 5.69. The minimum Gasteiger partial charge on any atom is -0.481 e. The van der Waals surface area contributed by atoms with Gasteiger partial charge < -0.3 is 14.6 Å². The topological polar surface area (TPSA) is 89.9 Å². The van der Waals surface area contributed by atoms with Gasteiger partial charge in [0.15, 0.2) is 0 Å². The highest BCUT2D eigenvalue weighted by Crippen LogP contribution is 1.96. The zero-order valence-electron chi connectivity index (χ0n) is 9.23. The van der Waals surface area contributed by atoms with Crippen LogP contribution in [0.15, 0.2) is 0 Å². The van der Waals surface area contributed by atoms with Crippen LogP contribution in [0.5, 0.6) is 0 Å². The van der Waals surface area contributed by atoms with Gasteiger partial charge in [-0.3, -0.25) is 14.4 Å². The standard InChI is InChI=1S/C10H16O6/c1-8(11)15-6-3-5-10(14)16-7-2-4-9(12)13/h2-7H2,1H3,(H,12,13). The summed E-state index contributed by atoms with van der Waals surface area (Å²) in [5.74, 6) is -1.70. The van der Waals surface area contributed by atoms with Crippen molar-refractivity contribution >= 4 is 17.9 Å². The maximum Gasteiger partial charge on any atom is 0.305 e. The molecule has 0 unspecified atom stereocenters. The lowest BCUT2D eigenvalue weighted by molar-refractivity contribution is -0.147. The summed E-state index contributed by atoms with van der Waals surface area (Å²) in [5, 5.41) is 8.32. The van der Waals surface area contributed by atoms with Gasteiger partial charge in [0.2, 0.25) is 0 Å². The van der Waals surface area contributed by atoms with E-state index in [0.29, 0.717) is 12.8 Å². The largest absolute Gasteiger partial charge is 0.481 e. The molecule has 16 heavy (non-hydrogen) atoms. The lowest BCUT2D eigenvalue weighted by Crippen LogP contribution is -2.09. The van der Waals surface area contributed by atoms with Gasteiger partial charge in [-0.2, -0.15) is 0 Å². The average molecular weight is 232 g/mol. The van der Waals surface area contributed by atoms with Gasteiger partial charge in [0.25, 0.3) is 0 Å². The molecule has 0 aromatic heterocycles. The molecule has 0 spiro atoms. The van der Waals surface area contributed by atoms with Gasteiger partial charge >= 0.3 is 17.9 Å². The zero-order chi connectivity index (χ0) is 12.4. The number of carbonyl (C=O) groups is 3. The third-order valence-corrected chi connectivity index (χ3v) is 1.63. The molecule has 0 fully saturated rings. The highest BCUT2D eigenvalue weighted by Gasteiger charge is 2.04. The Hall–Kier alpha value is -1.59. The van der Waals surface area contributed by atoms with Crippen LogP contribution in [0.3, 0.4) is 0 Å². The van der Waals surface area contributed by atoms with E-state index >= 15 is 0 Å². The Morgan fingerprint density at radius 2 is 1.56 bits per heavy atom. The molecule has 6 heteroatoms. The number of carbonyl (C=O) groups excluding carboxylic acids is 2. The number of carboxylic acid groups (broad SMARTS) is 1. The maximum atomic E-state index is 11.0. The number of hydrogen-bond donors (Lipinski definition) is 1. The fraction of sp³-hybridized carbons (Fsp3) is 0.700. The number of aliphatic carboxylic acids is 1. The minimum absolute atomic E-state index is 0.0132. The lowest BCUT2D eigenvalue weighted by atomic mass is 10.3. The monoisotopic (exact) mass is 232 g/mol. The first-order chi connectivity index (χ1) is 7.52. The Kier molecular flexibility index (Phi) is 7.83. The van der Waals surface area contributed by atoms with Crippen molar-refractivity contribution in [3.8, 4) is 0 Å². The van der Waals surface area contributed by atoms with Gasteiger partial charge in [0.05, 0.1) is 13.2 Å². The molecule has 1 N–H and O–H groups in total. The Balaban J connectivity index is 3.31. The Labute approximate surface area is 93.5 Å². The van der Waals surface area contributed by atoms with Gasteiger partial charge in [-0.15, -0.1) is 0 Å². The van der Waals surface area contributed by atoms with Crippen molar-refractivity contribution in [1.82, 2.24) is 0 Å². The van der Waals surface area contributed by atoms with E-state index in [1.807, 2.05) is 0 Å². The number of rotatable bonds is 8. The molecule has 0 radical (unpaired) electrons. The summed E-state index contributed by atoms with van der Waals surface area (Å²) in [7, 11) is 0. The molecule has 92 valence electrons. The van der Waals surface area contributed by atoms with E-state index in [9.17, 15) is 14.4 Å². The summed E-state index contributed by atoms with van der Waals surface area (Å²) in [6.45, 7) is 1.60. The SMILES string of the molecule is CC(=O)OCCCC(=O)OCCCC(=O)O. The second-order valence-electron chi connectivity index (χ2n) is 3.16. The van der Waals surface area contributed by atoms with Crippen LogP contribution in [0.1, 0.15) is 32.6 Å².